The Kier molecular flexibility index (Phi) is 3.22. The first kappa shape index (κ1) is 14.3. The van der Waals surface area contributed by atoms with Crippen molar-refractivity contribution >= 4 is 31.6 Å². The molecule has 1 atom stereocenters. The predicted octanol–water partition coefficient (Wildman–Crippen LogP) is 2.44. The minimum absolute atomic E-state index is 0.436. The van der Waals surface area contributed by atoms with Gasteiger partial charge in [0.1, 0.15) is 9.58 Å². The fraction of sp³-hybridized carbons (Fsp3) is 0.357. The molecule has 0 bridgehead atoms. The molecule has 1 unspecified atom stereocenters. The maximum atomic E-state index is 13.1. The second-order valence-electron chi connectivity index (χ2n) is 5.57. The molecule has 0 radical (unpaired) electrons. The molecule has 2 heterocycles. The van der Waals surface area contributed by atoms with Crippen LogP contribution in [0.2, 0.25) is 0 Å². The lowest BCUT2D eigenvalue weighted by Crippen LogP contribution is -2.40. The smallest absolute Gasteiger partial charge is 0.264 e. The van der Waals surface area contributed by atoms with E-state index < -0.39 is 14.8 Å². The number of hydrogen-bond donors (Lipinski definition) is 0. The summed E-state index contributed by atoms with van der Waals surface area (Å²) in [5.41, 5.74) is 0.984. The summed E-state index contributed by atoms with van der Waals surface area (Å²) in [5.74, 6) is 0. The lowest BCUT2D eigenvalue weighted by molar-refractivity contribution is 0.457. The van der Waals surface area contributed by atoms with Crippen LogP contribution in [0.1, 0.15) is 13.3 Å². The molecule has 2 aromatic heterocycles. The molecule has 1 aliphatic carbocycles. The van der Waals surface area contributed by atoms with Gasteiger partial charge in [-0.3, -0.25) is 0 Å². The number of thiophene rings is 1. The Balaban J connectivity index is 2.09. The topological polar surface area (TPSA) is 55.2 Å². The zero-order valence-electron chi connectivity index (χ0n) is 12.1. The van der Waals surface area contributed by atoms with Crippen molar-refractivity contribution in [3.63, 3.8) is 0 Å². The maximum absolute atomic E-state index is 13.1. The predicted molar refractivity (Wildman–Crippen MR) is 85.9 cm³/mol. The summed E-state index contributed by atoms with van der Waals surface area (Å²) >= 11 is 1.39. The summed E-state index contributed by atoms with van der Waals surface area (Å²) in [6.07, 6.45) is 7.54. The number of aromatic nitrogens is 2. The third kappa shape index (κ3) is 2.11. The molecular formula is C14H17N3O2S2. The highest BCUT2D eigenvalue weighted by molar-refractivity contribution is 7.91. The van der Waals surface area contributed by atoms with E-state index in [-0.39, 0.29) is 0 Å². The van der Waals surface area contributed by atoms with Crippen LogP contribution in [0.5, 0.6) is 0 Å². The van der Waals surface area contributed by atoms with Gasteiger partial charge in [0.05, 0.1) is 6.20 Å². The maximum Gasteiger partial charge on any atom is 0.264 e. The zero-order valence-corrected chi connectivity index (χ0v) is 13.8. The Morgan fingerprint density at radius 3 is 2.90 bits per heavy atom. The third-order valence-electron chi connectivity index (χ3n) is 3.81. The Hall–Kier alpha value is -1.60. The molecule has 7 heteroatoms. The van der Waals surface area contributed by atoms with E-state index in [1.165, 1.54) is 15.4 Å². The van der Waals surface area contributed by atoms with Gasteiger partial charge in [-0.15, -0.1) is 15.4 Å². The van der Waals surface area contributed by atoms with Crippen molar-refractivity contribution in [2.45, 2.75) is 18.1 Å². The van der Waals surface area contributed by atoms with Gasteiger partial charge >= 0.3 is 0 Å². The Morgan fingerprint density at radius 1 is 1.43 bits per heavy atom. The molecule has 0 saturated carbocycles. The number of allylic oxidation sites excluding steroid dienone is 3. The molecule has 0 aliphatic heterocycles. The van der Waals surface area contributed by atoms with Crippen molar-refractivity contribution in [2.75, 3.05) is 14.1 Å². The first-order chi connectivity index (χ1) is 9.85. The summed E-state index contributed by atoms with van der Waals surface area (Å²) in [6, 6.07) is 1.88. The van der Waals surface area contributed by atoms with Crippen LogP contribution < -0.4 is 0 Å². The van der Waals surface area contributed by atoms with E-state index in [1.807, 2.05) is 42.6 Å². The van der Waals surface area contributed by atoms with Gasteiger partial charge in [0.2, 0.25) is 0 Å². The van der Waals surface area contributed by atoms with E-state index in [0.717, 1.165) is 11.1 Å². The standard InChI is InChI=1S/C14H17N3O2S2/c1-14(7-4-5-12(9-14)16(2)3)21(18,19)17-13-11(10-15-17)6-8-20-13/h4-8,10H,9H2,1-3H3. The number of rotatable bonds is 3. The minimum atomic E-state index is -3.62. The number of nitrogens with zero attached hydrogens (tertiary/aromatic N) is 3. The van der Waals surface area contributed by atoms with Crippen LogP contribution in [-0.2, 0) is 10.0 Å². The molecule has 5 nitrogen and oxygen atoms in total. The van der Waals surface area contributed by atoms with E-state index in [0.29, 0.717) is 11.3 Å². The van der Waals surface area contributed by atoms with Gasteiger partial charge in [0, 0.05) is 31.6 Å². The van der Waals surface area contributed by atoms with Crippen molar-refractivity contribution in [3.05, 3.63) is 41.6 Å². The van der Waals surface area contributed by atoms with E-state index in [1.54, 1.807) is 19.2 Å². The molecule has 0 aromatic carbocycles. The molecule has 21 heavy (non-hydrogen) atoms. The van der Waals surface area contributed by atoms with Gasteiger partial charge < -0.3 is 4.90 Å². The first-order valence-electron chi connectivity index (χ1n) is 6.57. The summed E-state index contributed by atoms with van der Waals surface area (Å²) in [5, 5.41) is 6.82. The van der Waals surface area contributed by atoms with Crippen LogP contribution in [-0.4, -0.2) is 41.3 Å². The number of hydrogen-bond acceptors (Lipinski definition) is 5. The molecule has 0 spiro atoms. The Labute approximate surface area is 128 Å². The second-order valence-corrected chi connectivity index (χ2v) is 8.70. The van der Waals surface area contributed by atoms with Crippen molar-refractivity contribution in [1.29, 1.82) is 0 Å². The van der Waals surface area contributed by atoms with Gasteiger partial charge in [0.15, 0.2) is 0 Å². The molecule has 2 aromatic rings. The summed E-state index contributed by atoms with van der Waals surface area (Å²) in [4.78, 5) is 2.62. The lowest BCUT2D eigenvalue weighted by Gasteiger charge is -2.31. The van der Waals surface area contributed by atoms with Crippen LogP contribution in [0.15, 0.2) is 41.6 Å². The first-order valence-corrected chi connectivity index (χ1v) is 8.89. The Bertz CT molecular complexity index is 843. The van der Waals surface area contributed by atoms with E-state index in [2.05, 4.69) is 5.10 Å². The summed E-state index contributed by atoms with van der Waals surface area (Å²) < 4.78 is 26.3. The zero-order chi connectivity index (χ0) is 15.3. The quantitative estimate of drug-likeness (QED) is 0.870. The van der Waals surface area contributed by atoms with Crippen molar-refractivity contribution in [1.82, 2.24) is 14.1 Å². The fourth-order valence-corrected chi connectivity index (χ4v) is 5.06. The second kappa shape index (κ2) is 4.71. The number of fused-ring (bicyclic) bond motifs is 1. The van der Waals surface area contributed by atoms with Crippen LogP contribution in [0.3, 0.4) is 0 Å². The van der Waals surface area contributed by atoms with Gasteiger partial charge in [-0.2, -0.15) is 5.10 Å². The highest BCUT2D eigenvalue weighted by Gasteiger charge is 2.41. The molecule has 0 fully saturated rings. The third-order valence-corrected chi connectivity index (χ3v) is 7.02. The highest BCUT2D eigenvalue weighted by atomic mass is 32.2. The van der Waals surface area contributed by atoms with Crippen LogP contribution in [0.25, 0.3) is 10.2 Å². The monoisotopic (exact) mass is 323 g/mol. The molecule has 3 rings (SSSR count). The van der Waals surface area contributed by atoms with E-state index in [4.69, 9.17) is 0 Å². The lowest BCUT2D eigenvalue weighted by atomic mass is 9.99. The Morgan fingerprint density at radius 2 is 2.19 bits per heavy atom. The van der Waals surface area contributed by atoms with Crippen molar-refractivity contribution in [2.24, 2.45) is 0 Å². The van der Waals surface area contributed by atoms with E-state index >= 15 is 0 Å². The summed E-state index contributed by atoms with van der Waals surface area (Å²) in [6.45, 7) is 1.75. The van der Waals surface area contributed by atoms with E-state index in [9.17, 15) is 8.42 Å². The average molecular weight is 323 g/mol. The van der Waals surface area contributed by atoms with Gasteiger partial charge in [-0.25, -0.2) is 8.42 Å². The molecule has 1 aliphatic rings. The molecule has 0 amide bonds. The van der Waals surface area contributed by atoms with Crippen molar-refractivity contribution < 1.29 is 8.42 Å². The molecule has 0 saturated heterocycles. The van der Waals surface area contributed by atoms with Crippen LogP contribution in [0, 0.1) is 0 Å². The average Bonchev–Trinajstić information content (AvgIpc) is 3.00. The molecular weight excluding hydrogens is 306 g/mol. The van der Waals surface area contributed by atoms with Crippen LogP contribution >= 0.6 is 11.3 Å². The van der Waals surface area contributed by atoms with Crippen molar-refractivity contribution in [3.8, 4) is 0 Å². The van der Waals surface area contributed by atoms with Gasteiger partial charge in [-0.05, 0) is 24.4 Å². The molecule has 0 N–H and O–H groups in total. The minimum Gasteiger partial charge on any atom is -0.381 e. The summed E-state index contributed by atoms with van der Waals surface area (Å²) in [7, 11) is 0.221. The highest BCUT2D eigenvalue weighted by Crippen LogP contribution is 2.34. The van der Waals surface area contributed by atoms with Gasteiger partial charge in [-0.1, -0.05) is 12.2 Å². The largest absolute Gasteiger partial charge is 0.381 e. The van der Waals surface area contributed by atoms with Gasteiger partial charge in [0.25, 0.3) is 10.0 Å². The SMILES string of the molecule is CN(C)C1=CC=CC(C)(S(=O)(=O)n2ncc3ccsc32)C1. The van der Waals surface area contributed by atoms with Crippen LogP contribution in [0.4, 0.5) is 0 Å². The molecule has 112 valence electrons. The fourth-order valence-electron chi connectivity index (χ4n) is 2.43. The normalized spacial score (nSPS) is 22.5.